The molecule has 0 bridgehead atoms. The minimum absolute atomic E-state index is 0.0198. The molecule has 0 saturated carbocycles. The molecular formula is C15H23N3O3S. The summed E-state index contributed by atoms with van der Waals surface area (Å²) in [5, 5.41) is 2.51. The van der Waals surface area contributed by atoms with Crippen LogP contribution in [0.4, 0.5) is 0 Å². The van der Waals surface area contributed by atoms with Crippen LogP contribution in [-0.2, 0) is 10.0 Å². The lowest BCUT2D eigenvalue weighted by molar-refractivity contribution is 0.0963. The molecule has 2 rings (SSSR count). The average Bonchev–Trinajstić information content (AvgIpc) is 2.54. The maximum atomic E-state index is 12.7. The number of nitrogens with zero attached hydrogens (tertiary/aromatic N) is 1. The van der Waals surface area contributed by atoms with Gasteiger partial charge < -0.3 is 11.1 Å². The Bertz CT molecular complexity index is 626. The average molecular weight is 325 g/mol. The van der Waals surface area contributed by atoms with Crippen LogP contribution in [0.3, 0.4) is 0 Å². The fourth-order valence-electron chi connectivity index (χ4n) is 2.69. The van der Waals surface area contributed by atoms with Crippen LogP contribution < -0.4 is 11.1 Å². The van der Waals surface area contributed by atoms with Crippen molar-refractivity contribution >= 4 is 15.9 Å². The first-order valence-corrected chi connectivity index (χ1v) is 8.88. The molecule has 1 saturated heterocycles. The van der Waals surface area contributed by atoms with Crippen LogP contribution in [0, 0.1) is 5.92 Å². The quantitative estimate of drug-likeness (QED) is 0.856. The summed E-state index contributed by atoms with van der Waals surface area (Å²) in [4.78, 5) is 11.7. The third-order valence-corrected chi connectivity index (χ3v) is 6.02. The molecule has 0 aliphatic carbocycles. The van der Waals surface area contributed by atoms with Crippen molar-refractivity contribution in [2.24, 2.45) is 11.7 Å². The van der Waals surface area contributed by atoms with Gasteiger partial charge in [-0.3, -0.25) is 4.79 Å². The highest BCUT2D eigenvalue weighted by Gasteiger charge is 2.31. The van der Waals surface area contributed by atoms with Crippen molar-refractivity contribution < 1.29 is 13.2 Å². The molecule has 1 aliphatic rings. The second-order valence-electron chi connectivity index (χ2n) is 5.73. The van der Waals surface area contributed by atoms with Gasteiger partial charge in [0.15, 0.2) is 0 Å². The van der Waals surface area contributed by atoms with E-state index in [-0.39, 0.29) is 22.8 Å². The summed E-state index contributed by atoms with van der Waals surface area (Å²) in [6, 6.07) is 6.00. The zero-order valence-corrected chi connectivity index (χ0v) is 13.8. The Morgan fingerprint density at radius 2 is 2.00 bits per heavy atom. The Hall–Kier alpha value is -1.44. The predicted molar refractivity (Wildman–Crippen MR) is 85.0 cm³/mol. The van der Waals surface area contributed by atoms with Gasteiger partial charge in [0.1, 0.15) is 0 Å². The second-order valence-corrected chi connectivity index (χ2v) is 7.67. The van der Waals surface area contributed by atoms with E-state index < -0.39 is 10.0 Å². The first-order valence-electron chi connectivity index (χ1n) is 7.44. The lowest BCUT2D eigenvalue weighted by Gasteiger charge is -2.33. The predicted octanol–water partition coefficient (Wildman–Crippen LogP) is 0.794. The number of amides is 1. The smallest absolute Gasteiger partial charge is 0.251 e. The van der Waals surface area contributed by atoms with Crippen LogP contribution in [0.15, 0.2) is 29.2 Å². The van der Waals surface area contributed by atoms with Gasteiger partial charge in [0.05, 0.1) is 4.90 Å². The van der Waals surface area contributed by atoms with Gasteiger partial charge in [-0.05, 0) is 49.9 Å². The molecule has 1 heterocycles. The number of piperidine rings is 1. The van der Waals surface area contributed by atoms with Gasteiger partial charge in [0.25, 0.3) is 5.91 Å². The van der Waals surface area contributed by atoms with Crippen LogP contribution in [0.5, 0.6) is 0 Å². The molecule has 6 nitrogen and oxygen atoms in total. The van der Waals surface area contributed by atoms with E-state index in [0.29, 0.717) is 18.7 Å². The van der Waals surface area contributed by atoms with Crippen LogP contribution in [0.25, 0.3) is 0 Å². The molecule has 1 aromatic rings. The van der Waals surface area contributed by atoms with E-state index in [4.69, 9.17) is 5.73 Å². The number of nitrogens with two attached hydrogens (primary N) is 1. The molecule has 122 valence electrons. The SMILES string of the molecule is CNC(=O)c1ccc(S(=O)(=O)N2CCC[C@H]([C@H](C)N)C2)cc1. The molecule has 3 N–H and O–H groups in total. The topological polar surface area (TPSA) is 92.5 Å². The first kappa shape index (κ1) is 16.9. The molecule has 1 aromatic carbocycles. The number of benzene rings is 1. The van der Waals surface area contributed by atoms with Gasteiger partial charge in [0, 0.05) is 31.7 Å². The molecule has 0 aromatic heterocycles. The van der Waals surface area contributed by atoms with Crippen LogP contribution in [0.1, 0.15) is 30.1 Å². The summed E-state index contributed by atoms with van der Waals surface area (Å²) in [5.41, 5.74) is 6.35. The third-order valence-electron chi connectivity index (χ3n) is 4.15. The molecule has 0 radical (unpaired) electrons. The van der Waals surface area contributed by atoms with E-state index >= 15 is 0 Å². The van der Waals surface area contributed by atoms with Crippen LogP contribution in [0.2, 0.25) is 0 Å². The van der Waals surface area contributed by atoms with Gasteiger partial charge in [-0.2, -0.15) is 4.31 Å². The van der Waals surface area contributed by atoms with Crippen LogP contribution in [-0.4, -0.2) is 44.8 Å². The maximum Gasteiger partial charge on any atom is 0.251 e. The zero-order chi connectivity index (χ0) is 16.3. The van der Waals surface area contributed by atoms with E-state index in [0.717, 1.165) is 12.8 Å². The Morgan fingerprint density at radius 1 is 1.36 bits per heavy atom. The van der Waals surface area contributed by atoms with Crippen molar-refractivity contribution in [2.45, 2.75) is 30.7 Å². The van der Waals surface area contributed by atoms with Gasteiger partial charge >= 0.3 is 0 Å². The summed E-state index contributed by atoms with van der Waals surface area (Å²) < 4.78 is 26.9. The van der Waals surface area contributed by atoms with E-state index in [1.807, 2.05) is 6.92 Å². The van der Waals surface area contributed by atoms with Gasteiger partial charge in [0.2, 0.25) is 10.0 Å². The number of hydrogen-bond donors (Lipinski definition) is 2. The Balaban J connectivity index is 2.21. The largest absolute Gasteiger partial charge is 0.355 e. The van der Waals surface area contributed by atoms with Gasteiger partial charge in [-0.15, -0.1) is 0 Å². The van der Waals surface area contributed by atoms with Crippen molar-refractivity contribution in [1.29, 1.82) is 0 Å². The van der Waals surface area contributed by atoms with Crippen LogP contribution >= 0.6 is 0 Å². The molecule has 1 fully saturated rings. The van der Waals surface area contributed by atoms with Crippen molar-refractivity contribution in [3.8, 4) is 0 Å². The van der Waals surface area contributed by atoms with Gasteiger partial charge in [-0.1, -0.05) is 0 Å². The lowest BCUT2D eigenvalue weighted by atomic mass is 9.93. The highest BCUT2D eigenvalue weighted by Crippen LogP contribution is 2.25. The molecule has 0 spiro atoms. The summed E-state index contributed by atoms with van der Waals surface area (Å²) in [5.74, 6) is -0.0485. The summed E-state index contributed by atoms with van der Waals surface area (Å²) in [6.45, 7) is 2.89. The molecule has 1 aliphatic heterocycles. The fraction of sp³-hybridized carbons (Fsp3) is 0.533. The number of carbonyl (C=O) groups excluding carboxylic acids is 1. The van der Waals surface area contributed by atoms with E-state index in [2.05, 4.69) is 5.32 Å². The highest BCUT2D eigenvalue weighted by atomic mass is 32.2. The number of nitrogens with one attached hydrogen (secondary N) is 1. The monoisotopic (exact) mass is 325 g/mol. The fourth-order valence-corrected chi connectivity index (χ4v) is 4.23. The molecule has 0 unspecified atom stereocenters. The van der Waals surface area contributed by atoms with E-state index in [1.54, 1.807) is 0 Å². The van der Waals surface area contributed by atoms with Crippen molar-refractivity contribution in [3.63, 3.8) is 0 Å². The van der Waals surface area contributed by atoms with Crippen molar-refractivity contribution in [2.75, 3.05) is 20.1 Å². The lowest BCUT2D eigenvalue weighted by Crippen LogP contribution is -2.44. The molecule has 22 heavy (non-hydrogen) atoms. The number of hydrogen-bond acceptors (Lipinski definition) is 4. The summed E-state index contributed by atoms with van der Waals surface area (Å²) >= 11 is 0. The summed E-state index contributed by atoms with van der Waals surface area (Å²) in [6.07, 6.45) is 1.78. The number of carbonyl (C=O) groups is 1. The normalized spacial score (nSPS) is 21.3. The Labute approximate surface area is 131 Å². The Kier molecular flexibility index (Phi) is 5.20. The van der Waals surface area contributed by atoms with E-state index in [9.17, 15) is 13.2 Å². The molecule has 1 amide bonds. The van der Waals surface area contributed by atoms with Gasteiger partial charge in [-0.25, -0.2) is 8.42 Å². The van der Waals surface area contributed by atoms with Crippen molar-refractivity contribution in [1.82, 2.24) is 9.62 Å². The summed E-state index contributed by atoms with van der Waals surface area (Å²) in [7, 11) is -2.00. The highest BCUT2D eigenvalue weighted by molar-refractivity contribution is 7.89. The standard InChI is InChI=1S/C15H23N3O3S/c1-11(16)13-4-3-9-18(10-13)22(20,21)14-7-5-12(6-8-14)15(19)17-2/h5-8,11,13H,3-4,9-10,16H2,1-2H3,(H,17,19)/t11-,13-/m0/s1. The molecular weight excluding hydrogens is 302 g/mol. The first-order chi connectivity index (χ1) is 10.4. The van der Waals surface area contributed by atoms with E-state index in [1.165, 1.54) is 35.6 Å². The molecule has 2 atom stereocenters. The zero-order valence-electron chi connectivity index (χ0n) is 13.0. The minimum atomic E-state index is -3.53. The molecule has 7 heteroatoms. The Morgan fingerprint density at radius 3 is 2.55 bits per heavy atom. The minimum Gasteiger partial charge on any atom is -0.355 e. The maximum absolute atomic E-state index is 12.7. The second kappa shape index (κ2) is 6.76. The number of sulfonamides is 1. The third kappa shape index (κ3) is 3.48. The number of rotatable bonds is 4. The van der Waals surface area contributed by atoms with Crippen molar-refractivity contribution in [3.05, 3.63) is 29.8 Å².